The van der Waals surface area contributed by atoms with Crippen molar-refractivity contribution in [3.05, 3.63) is 59.7 Å². The first-order valence-corrected chi connectivity index (χ1v) is 9.14. The Hall–Kier alpha value is -3.88. The number of hydrogen-bond acceptors (Lipinski definition) is 4. The molecule has 3 N–H and O–H groups in total. The summed E-state index contributed by atoms with van der Waals surface area (Å²) in [6.07, 6.45) is -0.976. The largest absolute Gasteiger partial charge is 0.465 e. The van der Waals surface area contributed by atoms with Crippen LogP contribution in [0.1, 0.15) is 20.7 Å². The molecule has 2 heterocycles. The van der Waals surface area contributed by atoms with Crippen molar-refractivity contribution < 1.29 is 19.5 Å². The van der Waals surface area contributed by atoms with Crippen LogP contribution in [0.2, 0.25) is 0 Å². The van der Waals surface area contributed by atoms with Crippen LogP contribution in [0.15, 0.2) is 48.5 Å². The fourth-order valence-electron chi connectivity index (χ4n) is 3.29. The predicted octanol–water partition coefficient (Wildman–Crippen LogP) is 2.25. The van der Waals surface area contributed by atoms with E-state index in [-0.39, 0.29) is 24.9 Å². The number of carbonyl (C=O) groups is 3. The van der Waals surface area contributed by atoms with E-state index in [9.17, 15) is 14.4 Å². The molecule has 0 radical (unpaired) electrons. The fraction of sp³-hybridized carbons (Fsp3) is 0.200. The van der Waals surface area contributed by atoms with Crippen molar-refractivity contribution in [1.82, 2.24) is 20.0 Å². The summed E-state index contributed by atoms with van der Waals surface area (Å²) in [5.74, 6) is -0.127. The molecule has 1 saturated heterocycles. The number of anilines is 1. The number of benzene rings is 2. The Morgan fingerprint density at radius 1 is 0.931 bits per heavy atom. The van der Waals surface area contributed by atoms with E-state index in [1.54, 1.807) is 47.4 Å². The number of rotatable bonds is 3. The van der Waals surface area contributed by atoms with E-state index < -0.39 is 6.09 Å². The molecule has 1 aliphatic heterocycles. The summed E-state index contributed by atoms with van der Waals surface area (Å²) >= 11 is 0. The second-order valence-electron chi connectivity index (χ2n) is 6.71. The third kappa shape index (κ3) is 3.75. The average molecular weight is 393 g/mol. The van der Waals surface area contributed by atoms with E-state index in [1.165, 1.54) is 4.90 Å². The highest BCUT2D eigenvalue weighted by Crippen LogP contribution is 2.23. The minimum atomic E-state index is -0.976. The second-order valence-corrected chi connectivity index (χ2v) is 6.71. The maximum absolute atomic E-state index is 12.8. The molecule has 2 aromatic carbocycles. The first-order valence-electron chi connectivity index (χ1n) is 9.14. The van der Waals surface area contributed by atoms with E-state index in [0.29, 0.717) is 40.9 Å². The number of aromatic amines is 1. The molecule has 3 amide bonds. The van der Waals surface area contributed by atoms with Gasteiger partial charge in [-0.25, -0.2) is 4.79 Å². The monoisotopic (exact) mass is 393 g/mol. The van der Waals surface area contributed by atoms with Gasteiger partial charge in [0.2, 0.25) is 0 Å². The predicted molar refractivity (Wildman–Crippen MR) is 106 cm³/mol. The van der Waals surface area contributed by atoms with Gasteiger partial charge in [-0.15, -0.1) is 0 Å². The van der Waals surface area contributed by atoms with Gasteiger partial charge in [0.05, 0.1) is 5.52 Å². The molecule has 9 heteroatoms. The third-order valence-corrected chi connectivity index (χ3v) is 4.92. The van der Waals surface area contributed by atoms with Crippen LogP contribution in [-0.4, -0.2) is 69.2 Å². The lowest BCUT2D eigenvalue weighted by atomic mass is 10.1. The van der Waals surface area contributed by atoms with Crippen molar-refractivity contribution in [2.24, 2.45) is 0 Å². The molecule has 0 unspecified atom stereocenters. The zero-order valence-electron chi connectivity index (χ0n) is 15.5. The molecular formula is C20H19N5O4. The summed E-state index contributed by atoms with van der Waals surface area (Å²) in [7, 11) is 0. The van der Waals surface area contributed by atoms with Crippen molar-refractivity contribution in [2.75, 3.05) is 31.5 Å². The fourth-order valence-corrected chi connectivity index (χ4v) is 3.29. The van der Waals surface area contributed by atoms with Gasteiger partial charge in [-0.1, -0.05) is 18.2 Å². The molecule has 1 aromatic heterocycles. The van der Waals surface area contributed by atoms with Gasteiger partial charge >= 0.3 is 6.09 Å². The number of nitrogens with zero attached hydrogens (tertiary/aromatic N) is 3. The van der Waals surface area contributed by atoms with Gasteiger partial charge < -0.3 is 20.2 Å². The Morgan fingerprint density at radius 3 is 2.31 bits per heavy atom. The van der Waals surface area contributed by atoms with Crippen LogP contribution in [0.5, 0.6) is 0 Å². The highest BCUT2D eigenvalue weighted by atomic mass is 16.4. The smallest absolute Gasteiger partial charge is 0.407 e. The number of nitrogens with one attached hydrogen (secondary N) is 2. The van der Waals surface area contributed by atoms with Crippen LogP contribution in [0.3, 0.4) is 0 Å². The van der Waals surface area contributed by atoms with Gasteiger partial charge in [-0.3, -0.25) is 14.7 Å². The Morgan fingerprint density at radius 2 is 1.62 bits per heavy atom. The Labute approximate surface area is 165 Å². The molecule has 148 valence electrons. The summed E-state index contributed by atoms with van der Waals surface area (Å²) < 4.78 is 0. The van der Waals surface area contributed by atoms with E-state index in [1.807, 2.05) is 6.07 Å². The lowest BCUT2D eigenvalue weighted by Crippen LogP contribution is -2.50. The van der Waals surface area contributed by atoms with E-state index in [2.05, 4.69) is 15.5 Å². The molecule has 0 bridgehead atoms. The van der Waals surface area contributed by atoms with Gasteiger partial charge in [0.25, 0.3) is 11.8 Å². The molecule has 0 saturated carbocycles. The summed E-state index contributed by atoms with van der Waals surface area (Å²) in [6.45, 7) is 1.25. The first kappa shape index (κ1) is 18.5. The SMILES string of the molecule is O=C(Nc1n[nH]c2ccc(C(=O)N3CCN(C(=O)O)CC3)cc12)c1ccccc1. The topological polar surface area (TPSA) is 119 Å². The Bertz CT molecular complexity index is 1070. The number of H-pyrrole nitrogens is 1. The van der Waals surface area contributed by atoms with Crippen molar-refractivity contribution in [3.63, 3.8) is 0 Å². The molecule has 1 aliphatic rings. The van der Waals surface area contributed by atoms with Gasteiger partial charge in [0.1, 0.15) is 0 Å². The van der Waals surface area contributed by atoms with Crippen molar-refractivity contribution in [1.29, 1.82) is 0 Å². The van der Waals surface area contributed by atoms with Gasteiger partial charge in [-0.2, -0.15) is 5.10 Å². The normalized spacial score (nSPS) is 14.1. The van der Waals surface area contributed by atoms with Gasteiger partial charge in [0, 0.05) is 42.7 Å². The molecule has 4 rings (SSSR count). The van der Waals surface area contributed by atoms with Crippen molar-refractivity contribution >= 4 is 34.6 Å². The molecule has 29 heavy (non-hydrogen) atoms. The number of fused-ring (bicyclic) bond motifs is 1. The van der Waals surface area contributed by atoms with Gasteiger partial charge in [-0.05, 0) is 30.3 Å². The lowest BCUT2D eigenvalue weighted by molar-refractivity contribution is 0.0625. The van der Waals surface area contributed by atoms with Crippen LogP contribution in [0.25, 0.3) is 10.9 Å². The number of hydrogen-bond donors (Lipinski definition) is 3. The molecule has 0 spiro atoms. The van der Waals surface area contributed by atoms with Crippen LogP contribution < -0.4 is 5.32 Å². The summed E-state index contributed by atoms with van der Waals surface area (Å²) in [5.41, 5.74) is 1.66. The summed E-state index contributed by atoms with van der Waals surface area (Å²) in [5, 5.41) is 19.4. The van der Waals surface area contributed by atoms with E-state index in [4.69, 9.17) is 5.11 Å². The van der Waals surface area contributed by atoms with E-state index >= 15 is 0 Å². The molecule has 3 aromatic rings. The standard InChI is InChI=1S/C20H19N5O4/c26-18(13-4-2-1-3-5-13)21-17-15-12-14(6-7-16(15)22-23-17)19(27)24-8-10-25(11-9-24)20(28)29/h1-7,12H,8-11H2,(H,28,29)(H2,21,22,23,26). The van der Waals surface area contributed by atoms with Crippen molar-refractivity contribution in [2.45, 2.75) is 0 Å². The molecule has 9 nitrogen and oxygen atoms in total. The molecule has 1 fully saturated rings. The number of aromatic nitrogens is 2. The highest BCUT2D eigenvalue weighted by molar-refractivity contribution is 6.09. The average Bonchev–Trinajstić information content (AvgIpc) is 3.15. The molecular weight excluding hydrogens is 374 g/mol. The summed E-state index contributed by atoms with van der Waals surface area (Å²) in [4.78, 5) is 39.2. The maximum atomic E-state index is 12.8. The molecule has 0 aliphatic carbocycles. The number of carboxylic acid groups (broad SMARTS) is 1. The Balaban J connectivity index is 1.53. The minimum absolute atomic E-state index is 0.182. The lowest BCUT2D eigenvalue weighted by Gasteiger charge is -2.33. The maximum Gasteiger partial charge on any atom is 0.407 e. The van der Waals surface area contributed by atoms with Crippen LogP contribution in [0, 0.1) is 0 Å². The van der Waals surface area contributed by atoms with Crippen LogP contribution in [0.4, 0.5) is 10.6 Å². The van der Waals surface area contributed by atoms with Crippen molar-refractivity contribution in [3.8, 4) is 0 Å². The van der Waals surface area contributed by atoms with Crippen LogP contribution in [-0.2, 0) is 0 Å². The number of carbonyl (C=O) groups excluding carboxylic acids is 2. The minimum Gasteiger partial charge on any atom is -0.465 e. The first-order chi connectivity index (χ1) is 14.0. The second kappa shape index (κ2) is 7.63. The van der Waals surface area contributed by atoms with Gasteiger partial charge in [0.15, 0.2) is 5.82 Å². The third-order valence-electron chi connectivity index (χ3n) is 4.92. The zero-order chi connectivity index (χ0) is 20.4. The highest BCUT2D eigenvalue weighted by Gasteiger charge is 2.25. The quantitative estimate of drug-likeness (QED) is 0.631. The summed E-state index contributed by atoms with van der Waals surface area (Å²) in [6, 6.07) is 13.9. The number of piperazine rings is 1. The van der Waals surface area contributed by atoms with E-state index in [0.717, 1.165) is 0 Å². The Kier molecular flexibility index (Phi) is 4.86. The number of amides is 3. The zero-order valence-corrected chi connectivity index (χ0v) is 15.5. The van der Waals surface area contributed by atoms with Crippen LogP contribution >= 0.6 is 0 Å². The molecule has 0 atom stereocenters.